The van der Waals surface area contributed by atoms with Crippen LogP contribution in [0.3, 0.4) is 0 Å². The molecule has 1 saturated heterocycles. The van der Waals surface area contributed by atoms with Gasteiger partial charge in [0.1, 0.15) is 41.7 Å². The molecule has 5 atom stereocenters. The van der Waals surface area contributed by atoms with E-state index in [9.17, 15) is 30.6 Å². The molecule has 0 aliphatic carbocycles. The molecule has 150 valence electrons. The first-order valence-electron chi connectivity index (χ1n) is 8.65. The lowest BCUT2D eigenvalue weighted by molar-refractivity contribution is -0.277. The van der Waals surface area contributed by atoms with Crippen molar-refractivity contribution in [3.63, 3.8) is 0 Å². The number of rotatable bonds is 5. The molecule has 1 aliphatic heterocycles. The summed E-state index contributed by atoms with van der Waals surface area (Å²) in [4.78, 5) is 0. The fraction of sp³-hybridized carbons (Fsp3) is 0.300. The van der Waals surface area contributed by atoms with Gasteiger partial charge in [0.2, 0.25) is 6.29 Å². The highest BCUT2D eigenvalue weighted by Gasteiger charge is 2.44. The van der Waals surface area contributed by atoms with Gasteiger partial charge in [-0.2, -0.15) is 0 Å². The van der Waals surface area contributed by atoms with E-state index in [4.69, 9.17) is 9.47 Å². The molecule has 0 amide bonds. The summed E-state index contributed by atoms with van der Waals surface area (Å²) in [6.07, 6.45) is -3.52. The lowest BCUT2D eigenvalue weighted by atomic mass is 9.99. The zero-order valence-electron chi connectivity index (χ0n) is 14.8. The van der Waals surface area contributed by atoms with Gasteiger partial charge in [0, 0.05) is 6.07 Å². The van der Waals surface area contributed by atoms with Gasteiger partial charge in [-0.1, -0.05) is 24.3 Å². The van der Waals surface area contributed by atoms with Crippen LogP contribution < -0.4 is 4.74 Å². The van der Waals surface area contributed by atoms with E-state index < -0.39 is 37.3 Å². The molecular weight excluding hydrogens is 368 g/mol. The lowest BCUT2D eigenvalue weighted by Crippen LogP contribution is -2.60. The summed E-state index contributed by atoms with van der Waals surface area (Å²) in [7, 11) is 0. The standard InChI is InChI=1S/C20H22O8/c21-10-16-17(24)18(25)19(26)20(28-16)27-15-8-12(7-14(23)9-15)2-1-11-3-5-13(22)6-4-11/h1-9,16-26H,10H2. The maximum Gasteiger partial charge on any atom is 0.229 e. The van der Waals surface area contributed by atoms with Crippen LogP contribution in [0, 0.1) is 0 Å². The van der Waals surface area contributed by atoms with E-state index in [1.165, 1.54) is 12.1 Å². The average molecular weight is 390 g/mol. The SMILES string of the molecule is OCC1OC(Oc2cc(O)cc(C=Cc3ccc(O)cc3)c2)C(O)C(O)C1O. The highest BCUT2D eigenvalue weighted by molar-refractivity contribution is 5.71. The van der Waals surface area contributed by atoms with E-state index in [-0.39, 0.29) is 17.2 Å². The number of hydrogen-bond donors (Lipinski definition) is 6. The molecule has 8 nitrogen and oxygen atoms in total. The van der Waals surface area contributed by atoms with E-state index in [1.54, 1.807) is 42.5 Å². The molecule has 1 heterocycles. The minimum absolute atomic E-state index is 0.0903. The number of ether oxygens (including phenoxy) is 2. The van der Waals surface area contributed by atoms with Crippen molar-refractivity contribution in [2.75, 3.05) is 6.61 Å². The van der Waals surface area contributed by atoms with Crippen molar-refractivity contribution < 1.29 is 40.1 Å². The summed E-state index contributed by atoms with van der Waals surface area (Å²) in [5.41, 5.74) is 1.42. The fourth-order valence-electron chi connectivity index (χ4n) is 2.85. The van der Waals surface area contributed by atoms with Crippen molar-refractivity contribution in [2.45, 2.75) is 30.7 Å². The smallest absolute Gasteiger partial charge is 0.229 e. The number of phenolic OH excluding ortho intramolecular Hbond substituents is 2. The summed E-state index contributed by atoms with van der Waals surface area (Å²) in [6, 6.07) is 10.9. The number of aliphatic hydroxyl groups excluding tert-OH is 4. The normalized spacial score (nSPS) is 27.8. The third-order valence-corrected chi connectivity index (χ3v) is 4.38. The molecule has 0 radical (unpaired) electrons. The van der Waals surface area contributed by atoms with Gasteiger partial charge in [-0.05, 0) is 35.4 Å². The van der Waals surface area contributed by atoms with Gasteiger partial charge in [-0.25, -0.2) is 0 Å². The van der Waals surface area contributed by atoms with Crippen LogP contribution in [0.4, 0.5) is 0 Å². The molecule has 5 unspecified atom stereocenters. The summed E-state index contributed by atoms with van der Waals surface area (Å²) in [5, 5.41) is 58.2. The van der Waals surface area contributed by atoms with Crippen LogP contribution in [-0.2, 0) is 4.74 Å². The van der Waals surface area contributed by atoms with Gasteiger partial charge in [0.15, 0.2) is 0 Å². The predicted molar refractivity (Wildman–Crippen MR) is 99.5 cm³/mol. The van der Waals surface area contributed by atoms with E-state index in [0.29, 0.717) is 5.56 Å². The van der Waals surface area contributed by atoms with Gasteiger partial charge in [0.05, 0.1) is 6.61 Å². The molecule has 1 aliphatic rings. The Kier molecular flexibility index (Phi) is 6.18. The van der Waals surface area contributed by atoms with Gasteiger partial charge in [-0.15, -0.1) is 0 Å². The second kappa shape index (κ2) is 8.59. The Bertz CT molecular complexity index is 817. The Hall–Kier alpha value is -2.62. The number of aliphatic hydroxyl groups is 4. The van der Waals surface area contributed by atoms with E-state index in [0.717, 1.165) is 5.56 Å². The van der Waals surface area contributed by atoms with E-state index in [1.807, 2.05) is 0 Å². The summed E-state index contributed by atoms with van der Waals surface area (Å²) in [5.74, 6) is 0.229. The Morgan fingerprint density at radius 2 is 1.50 bits per heavy atom. The molecular formula is C20H22O8. The van der Waals surface area contributed by atoms with Crippen LogP contribution in [-0.4, -0.2) is 68.0 Å². The van der Waals surface area contributed by atoms with Crippen molar-refractivity contribution in [2.24, 2.45) is 0 Å². The lowest BCUT2D eigenvalue weighted by Gasteiger charge is -2.39. The Labute approximate surface area is 161 Å². The van der Waals surface area contributed by atoms with Crippen LogP contribution in [0.5, 0.6) is 17.2 Å². The molecule has 1 fully saturated rings. The molecule has 6 N–H and O–H groups in total. The first-order chi connectivity index (χ1) is 13.4. The Morgan fingerprint density at radius 1 is 0.821 bits per heavy atom. The number of aromatic hydroxyl groups is 2. The largest absolute Gasteiger partial charge is 0.508 e. The highest BCUT2D eigenvalue weighted by atomic mass is 16.7. The number of hydrogen-bond acceptors (Lipinski definition) is 8. The monoisotopic (exact) mass is 390 g/mol. The van der Waals surface area contributed by atoms with Crippen molar-refractivity contribution in [1.29, 1.82) is 0 Å². The number of benzene rings is 2. The third-order valence-electron chi connectivity index (χ3n) is 4.38. The van der Waals surface area contributed by atoms with Crippen molar-refractivity contribution in [3.05, 3.63) is 53.6 Å². The van der Waals surface area contributed by atoms with Crippen molar-refractivity contribution in [3.8, 4) is 17.2 Å². The summed E-state index contributed by atoms with van der Waals surface area (Å²) in [6.45, 7) is -0.564. The Morgan fingerprint density at radius 3 is 2.18 bits per heavy atom. The Balaban J connectivity index is 1.76. The van der Waals surface area contributed by atoms with Crippen LogP contribution >= 0.6 is 0 Å². The van der Waals surface area contributed by atoms with Gasteiger partial charge in [0.25, 0.3) is 0 Å². The highest BCUT2D eigenvalue weighted by Crippen LogP contribution is 2.28. The second-order valence-corrected chi connectivity index (χ2v) is 6.50. The van der Waals surface area contributed by atoms with Crippen LogP contribution in [0.2, 0.25) is 0 Å². The van der Waals surface area contributed by atoms with Crippen LogP contribution in [0.25, 0.3) is 12.2 Å². The zero-order valence-corrected chi connectivity index (χ0v) is 14.8. The minimum atomic E-state index is -1.55. The van der Waals surface area contributed by atoms with Crippen molar-refractivity contribution >= 4 is 12.2 Å². The van der Waals surface area contributed by atoms with Crippen LogP contribution in [0.15, 0.2) is 42.5 Å². The van der Waals surface area contributed by atoms with E-state index >= 15 is 0 Å². The molecule has 2 aromatic rings. The molecule has 28 heavy (non-hydrogen) atoms. The van der Waals surface area contributed by atoms with E-state index in [2.05, 4.69) is 0 Å². The molecule has 8 heteroatoms. The quantitative estimate of drug-likeness (QED) is 0.405. The fourth-order valence-corrected chi connectivity index (χ4v) is 2.85. The maximum absolute atomic E-state index is 10.1. The predicted octanol–water partition coefficient (Wildman–Crippen LogP) is 0.447. The van der Waals surface area contributed by atoms with Gasteiger partial charge in [-0.3, -0.25) is 0 Å². The maximum atomic E-state index is 10.1. The van der Waals surface area contributed by atoms with Gasteiger partial charge < -0.3 is 40.1 Å². The minimum Gasteiger partial charge on any atom is -0.508 e. The molecule has 0 bridgehead atoms. The third kappa shape index (κ3) is 4.61. The average Bonchev–Trinajstić information content (AvgIpc) is 2.67. The molecule has 2 aromatic carbocycles. The second-order valence-electron chi connectivity index (χ2n) is 6.50. The summed E-state index contributed by atoms with van der Waals surface area (Å²) >= 11 is 0. The topological polar surface area (TPSA) is 140 Å². The molecule has 3 rings (SSSR count). The molecule has 0 aromatic heterocycles. The first-order valence-corrected chi connectivity index (χ1v) is 8.65. The molecule has 0 saturated carbocycles. The van der Waals surface area contributed by atoms with Crippen LogP contribution in [0.1, 0.15) is 11.1 Å². The number of phenols is 2. The first kappa shape index (κ1) is 20.1. The zero-order chi connectivity index (χ0) is 20.3. The molecule has 0 spiro atoms. The summed E-state index contributed by atoms with van der Waals surface area (Å²) < 4.78 is 10.8. The van der Waals surface area contributed by atoms with Gasteiger partial charge >= 0.3 is 0 Å². The van der Waals surface area contributed by atoms with Crippen molar-refractivity contribution in [1.82, 2.24) is 0 Å².